The molecule has 1 N–H and O–H groups in total. The number of hydrogen-bond acceptors (Lipinski definition) is 3. The summed E-state index contributed by atoms with van der Waals surface area (Å²) in [6, 6.07) is 15.3. The van der Waals surface area contributed by atoms with Gasteiger partial charge in [0.05, 0.1) is 0 Å². The Hall–Kier alpha value is -2.82. The van der Waals surface area contributed by atoms with Crippen LogP contribution in [-0.4, -0.2) is 32.5 Å². The standard InChI is InChI=1S/C20H25N3O2/c1-5-16-6-10-19(11-7-16)23(15(2)24)14-20(25)21-17-8-12-18(13-9-17)22(3)4/h6-13H,5,14H2,1-4H3,(H,21,25). The molecule has 0 heterocycles. The highest BCUT2D eigenvalue weighted by Crippen LogP contribution is 2.18. The maximum Gasteiger partial charge on any atom is 0.244 e. The van der Waals surface area contributed by atoms with Gasteiger partial charge in [0.25, 0.3) is 0 Å². The number of carbonyl (C=O) groups is 2. The monoisotopic (exact) mass is 339 g/mol. The predicted octanol–water partition coefficient (Wildman–Crippen LogP) is 3.31. The molecule has 0 aromatic heterocycles. The van der Waals surface area contributed by atoms with Crippen molar-refractivity contribution >= 4 is 28.9 Å². The molecule has 2 amide bonds. The molecule has 0 radical (unpaired) electrons. The van der Waals surface area contributed by atoms with Crippen molar-refractivity contribution < 1.29 is 9.59 Å². The van der Waals surface area contributed by atoms with E-state index in [2.05, 4.69) is 12.2 Å². The molecular formula is C20H25N3O2. The van der Waals surface area contributed by atoms with Gasteiger partial charge < -0.3 is 15.1 Å². The van der Waals surface area contributed by atoms with E-state index in [0.717, 1.165) is 17.8 Å². The summed E-state index contributed by atoms with van der Waals surface area (Å²) in [6.45, 7) is 3.52. The van der Waals surface area contributed by atoms with Gasteiger partial charge in [-0.05, 0) is 48.4 Å². The van der Waals surface area contributed by atoms with E-state index in [4.69, 9.17) is 0 Å². The van der Waals surface area contributed by atoms with E-state index in [1.165, 1.54) is 17.4 Å². The number of rotatable bonds is 6. The van der Waals surface area contributed by atoms with Crippen molar-refractivity contribution in [1.82, 2.24) is 0 Å². The van der Waals surface area contributed by atoms with Crippen LogP contribution < -0.4 is 15.1 Å². The summed E-state index contributed by atoms with van der Waals surface area (Å²) in [5, 5.41) is 2.83. The maximum absolute atomic E-state index is 12.3. The number of benzene rings is 2. The molecular weight excluding hydrogens is 314 g/mol. The molecule has 2 aromatic rings. The molecule has 25 heavy (non-hydrogen) atoms. The Labute approximate surface area is 149 Å². The second-order valence-corrected chi connectivity index (χ2v) is 6.11. The highest BCUT2D eigenvalue weighted by atomic mass is 16.2. The van der Waals surface area contributed by atoms with Gasteiger partial charge in [0.2, 0.25) is 11.8 Å². The summed E-state index contributed by atoms with van der Waals surface area (Å²) < 4.78 is 0. The van der Waals surface area contributed by atoms with Gasteiger partial charge >= 0.3 is 0 Å². The number of amides is 2. The molecule has 0 unspecified atom stereocenters. The van der Waals surface area contributed by atoms with Crippen LogP contribution in [0, 0.1) is 0 Å². The molecule has 5 heteroatoms. The van der Waals surface area contributed by atoms with E-state index < -0.39 is 0 Å². The number of nitrogens with zero attached hydrogens (tertiary/aromatic N) is 2. The fourth-order valence-electron chi connectivity index (χ4n) is 2.48. The third kappa shape index (κ3) is 5.08. The van der Waals surface area contributed by atoms with Crippen molar-refractivity contribution in [3.8, 4) is 0 Å². The summed E-state index contributed by atoms with van der Waals surface area (Å²) >= 11 is 0. The first-order valence-electron chi connectivity index (χ1n) is 8.35. The van der Waals surface area contributed by atoms with Crippen LogP contribution in [0.4, 0.5) is 17.1 Å². The minimum Gasteiger partial charge on any atom is -0.378 e. The second-order valence-electron chi connectivity index (χ2n) is 6.11. The minimum absolute atomic E-state index is 0.0176. The molecule has 0 aliphatic heterocycles. The maximum atomic E-state index is 12.3. The third-order valence-electron chi connectivity index (χ3n) is 4.01. The van der Waals surface area contributed by atoms with Crippen LogP contribution in [0.25, 0.3) is 0 Å². The quantitative estimate of drug-likeness (QED) is 0.878. The molecule has 0 saturated carbocycles. The molecule has 0 fully saturated rings. The number of anilines is 3. The second kappa shape index (κ2) is 8.33. The van der Waals surface area contributed by atoms with Gasteiger partial charge in [-0.1, -0.05) is 19.1 Å². The van der Waals surface area contributed by atoms with Gasteiger partial charge in [-0.25, -0.2) is 0 Å². The van der Waals surface area contributed by atoms with Gasteiger partial charge in [0.15, 0.2) is 0 Å². The van der Waals surface area contributed by atoms with E-state index in [0.29, 0.717) is 5.69 Å². The molecule has 0 aliphatic rings. The average Bonchev–Trinajstić information content (AvgIpc) is 2.60. The van der Waals surface area contributed by atoms with E-state index >= 15 is 0 Å². The SMILES string of the molecule is CCc1ccc(N(CC(=O)Nc2ccc(N(C)C)cc2)C(C)=O)cc1. The van der Waals surface area contributed by atoms with Gasteiger partial charge in [0, 0.05) is 38.1 Å². The van der Waals surface area contributed by atoms with E-state index in [-0.39, 0.29) is 18.4 Å². The van der Waals surface area contributed by atoms with Gasteiger partial charge in [-0.2, -0.15) is 0 Å². The lowest BCUT2D eigenvalue weighted by Gasteiger charge is -2.21. The van der Waals surface area contributed by atoms with Crippen LogP contribution in [0.1, 0.15) is 19.4 Å². The summed E-state index contributed by atoms with van der Waals surface area (Å²) in [6.07, 6.45) is 0.934. The summed E-state index contributed by atoms with van der Waals surface area (Å²) in [5.74, 6) is -0.394. The largest absolute Gasteiger partial charge is 0.378 e. The zero-order chi connectivity index (χ0) is 18.4. The first-order chi connectivity index (χ1) is 11.9. The molecule has 2 aromatic carbocycles. The van der Waals surface area contributed by atoms with Crippen LogP contribution in [0.3, 0.4) is 0 Å². The van der Waals surface area contributed by atoms with E-state index in [1.807, 2.05) is 67.5 Å². The Bertz CT molecular complexity index is 722. The average molecular weight is 339 g/mol. The number of aryl methyl sites for hydroxylation is 1. The molecule has 132 valence electrons. The van der Waals surface area contributed by atoms with Crippen molar-refractivity contribution in [3.63, 3.8) is 0 Å². The highest BCUT2D eigenvalue weighted by Gasteiger charge is 2.16. The smallest absolute Gasteiger partial charge is 0.244 e. The molecule has 0 spiro atoms. The molecule has 0 saturated heterocycles. The zero-order valence-electron chi connectivity index (χ0n) is 15.2. The Balaban J connectivity index is 2.05. The van der Waals surface area contributed by atoms with Crippen LogP contribution in [0.2, 0.25) is 0 Å². The lowest BCUT2D eigenvalue weighted by atomic mass is 10.1. The van der Waals surface area contributed by atoms with Crippen molar-refractivity contribution in [1.29, 1.82) is 0 Å². The van der Waals surface area contributed by atoms with Crippen LogP contribution >= 0.6 is 0 Å². The first-order valence-corrected chi connectivity index (χ1v) is 8.35. The number of carbonyl (C=O) groups excluding carboxylic acids is 2. The lowest BCUT2D eigenvalue weighted by Crippen LogP contribution is -2.36. The minimum atomic E-state index is -0.229. The fraction of sp³-hybridized carbons (Fsp3) is 0.300. The highest BCUT2D eigenvalue weighted by molar-refractivity contribution is 6.01. The van der Waals surface area contributed by atoms with E-state index in [9.17, 15) is 9.59 Å². The van der Waals surface area contributed by atoms with Crippen molar-refractivity contribution in [2.75, 3.05) is 35.8 Å². The van der Waals surface area contributed by atoms with Gasteiger partial charge in [-0.15, -0.1) is 0 Å². The van der Waals surface area contributed by atoms with Crippen LogP contribution in [0.15, 0.2) is 48.5 Å². The molecule has 0 atom stereocenters. The number of nitrogens with one attached hydrogen (secondary N) is 1. The lowest BCUT2D eigenvalue weighted by molar-refractivity contribution is -0.120. The number of hydrogen-bond donors (Lipinski definition) is 1. The molecule has 2 rings (SSSR count). The van der Waals surface area contributed by atoms with E-state index in [1.54, 1.807) is 0 Å². The van der Waals surface area contributed by atoms with Crippen molar-refractivity contribution in [2.24, 2.45) is 0 Å². The predicted molar refractivity (Wildman–Crippen MR) is 103 cm³/mol. The zero-order valence-corrected chi connectivity index (χ0v) is 15.2. The Kier molecular flexibility index (Phi) is 6.17. The molecule has 0 aliphatic carbocycles. The van der Waals surface area contributed by atoms with Gasteiger partial charge in [-0.3, -0.25) is 9.59 Å². The molecule has 5 nitrogen and oxygen atoms in total. The Morgan fingerprint density at radius 3 is 1.96 bits per heavy atom. The topological polar surface area (TPSA) is 52.7 Å². The van der Waals surface area contributed by atoms with Gasteiger partial charge in [0.1, 0.15) is 6.54 Å². The van der Waals surface area contributed by atoms with Crippen LogP contribution in [-0.2, 0) is 16.0 Å². The molecule has 0 bridgehead atoms. The van der Waals surface area contributed by atoms with Crippen molar-refractivity contribution in [2.45, 2.75) is 20.3 Å². The van der Waals surface area contributed by atoms with Crippen LogP contribution in [0.5, 0.6) is 0 Å². The normalized spacial score (nSPS) is 10.2. The van der Waals surface area contributed by atoms with Crippen molar-refractivity contribution in [3.05, 3.63) is 54.1 Å². The fourth-order valence-corrected chi connectivity index (χ4v) is 2.48. The summed E-state index contributed by atoms with van der Waals surface area (Å²) in [4.78, 5) is 27.7. The Morgan fingerprint density at radius 2 is 1.48 bits per heavy atom. The Morgan fingerprint density at radius 1 is 0.920 bits per heavy atom. The third-order valence-corrected chi connectivity index (χ3v) is 4.01. The first kappa shape index (κ1) is 18.5. The summed E-state index contributed by atoms with van der Waals surface area (Å²) in [5.41, 5.74) is 3.68. The summed E-state index contributed by atoms with van der Waals surface area (Å²) in [7, 11) is 3.92.